The van der Waals surface area contributed by atoms with Crippen LogP contribution < -0.4 is 14.7 Å². The van der Waals surface area contributed by atoms with Crippen molar-refractivity contribution in [2.75, 3.05) is 14.7 Å². The Morgan fingerprint density at radius 1 is 0.292 bits per heavy atom. The van der Waals surface area contributed by atoms with Gasteiger partial charge in [0.1, 0.15) is 0 Å². The number of hydrogen-bond donors (Lipinski definition) is 0. The van der Waals surface area contributed by atoms with Crippen LogP contribution in [0.1, 0.15) is 134 Å². The standard InChI is InChI=1S/C86H77N3/c1-51-20-17-43-84(4)81(51)72-46-54(31-40-75(72)87(84)57-23-10-7-11-24-57)60-34-37-65-69-50-71-67-39-36-62(56-33-42-77-74(48-56)83-53(3)22-19-45-86(83,6)89(77)59-27-14-9-15-28-59)79-61(35-38-66(80(67)79)70(71)49-68(69)64-30-16-29-63(60)78(64)65)55-32-41-76-73(47-55)82-52(2)21-18-44-85(82,5)88(76)58-25-12-8-13-26-58/h7-16,23-42,46-53,81-83H,17-22,43-45H2,1-6H3. The fraction of sp³-hybridized carbons (Fsp3) is 0.279. The first kappa shape index (κ1) is 52.3. The largest absolute Gasteiger partial charge is 0.335 e. The summed E-state index contributed by atoms with van der Waals surface area (Å²) >= 11 is 0. The Morgan fingerprint density at radius 2 is 0.629 bits per heavy atom. The SMILES string of the molecule is CC1CCCC2(C)C1c1cc(-c3ccc4c5cc6c(cc5c5cccc3c54)c3ccc(-c4ccc5c(c4)C4C(C)CCCC4(C)N5c4ccccc4)c4c(-c5ccc7c(c5)C5C(C)CCCC5(C)N7c5ccccc5)ccc6c43)ccc1N2c1ccccc1. The van der Waals surface area contributed by atoms with E-state index < -0.39 is 0 Å². The molecular formula is C86H77N3. The monoisotopic (exact) mass is 1150 g/mol. The van der Waals surface area contributed by atoms with Crippen LogP contribution in [0, 0.1) is 17.8 Å². The fourth-order valence-electron chi connectivity index (χ4n) is 21.2. The minimum atomic E-state index is 0.00547. The van der Waals surface area contributed by atoms with E-state index in [-0.39, 0.29) is 16.6 Å². The summed E-state index contributed by atoms with van der Waals surface area (Å²) in [7, 11) is 0. The van der Waals surface area contributed by atoms with E-state index in [4.69, 9.17) is 0 Å². The minimum absolute atomic E-state index is 0.00547. The zero-order valence-corrected chi connectivity index (χ0v) is 52.4. The predicted molar refractivity (Wildman–Crippen MR) is 378 cm³/mol. The molecule has 89 heavy (non-hydrogen) atoms. The van der Waals surface area contributed by atoms with Crippen molar-refractivity contribution in [1.29, 1.82) is 0 Å². The van der Waals surface area contributed by atoms with E-state index in [1.165, 1.54) is 207 Å². The third kappa shape index (κ3) is 7.00. The first-order valence-corrected chi connectivity index (χ1v) is 33.8. The van der Waals surface area contributed by atoms with Gasteiger partial charge in [0.25, 0.3) is 0 Å². The lowest BCUT2D eigenvalue weighted by Gasteiger charge is -2.46. The van der Waals surface area contributed by atoms with Crippen molar-refractivity contribution in [3.05, 3.63) is 229 Å². The lowest BCUT2D eigenvalue weighted by atomic mass is 9.67. The van der Waals surface area contributed by atoms with Crippen molar-refractivity contribution >= 4 is 98.8 Å². The Hall–Kier alpha value is -8.66. The molecule has 0 radical (unpaired) electrons. The van der Waals surface area contributed by atoms with Gasteiger partial charge in [-0.2, -0.15) is 0 Å². The van der Waals surface area contributed by atoms with Gasteiger partial charge in [-0.3, -0.25) is 0 Å². The van der Waals surface area contributed by atoms with E-state index in [1.807, 2.05) is 0 Å². The summed E-state index contributed by atoms with van der Waals surface area (Å²) in [5, 5.41) is 16.3. The van der Waals surface area contributed by atoms with Gasteiger partial charge in [-0.1, -0.05) is 167 Å². The third-order valence-corrected chi connectivity index (χ3v) is 24.6. The summed E-state index contributed by atoms with van der Waals surface area (Å²) < 4.78 is 0. The molecule has 19 rings (SSSR count). The quantitative estimate of drug-likeness (QED) is 0.164. The van der Waals surface area contributed by atoms with Gasteiger partial charge >= 0.3 is 0 Å². The van der Waals surface area contributed by atoms with E-state index in [0.29, 0.717) is 35.5 Å². The molecule has 3 fully saturated rings. The number of anilines is 6. The second-order valence-corrected chi connectivity index (χ2v) is 29.4. The van der Waals surface area contributed by atoms with Crippen LogP contribution in [-0.4, -0.2) is 16.6 Å². The number of benzene rings is 11. The molecule has 0 aromatic heterocycles. The highest BCUT2D eigenvalue weighted by molar-refractivity contribution is 6.39. The molecule has 3 heterocycles. The highest BCUT2D eigenvalue weighted by Crippen LogP contribution is 2.64. The first-order chi connectivity index (χ1) is 43.5. The zero-order valence-electron chi connectivity index (χ0n) is 52.4. The summed E-state index contributed by atoms with van der Waals surface area (Å²) in [5.74, 6) is 3.11. The van der Waals surface area contributed by atoms with Crippen LogP contribution in [0.4, 0.5) is 34.1 Å². The van der Waals surface area contributed by atoms with E-state index in [9.17, 15) is 0 Å². The summed E-state index contributed by atoms with van der Waals surface area (Å²) in [6, 6.07) is 83.6. The van der Waals surface area contributed by atoms with Crippen LogP contribution in [-0.2, 0) is 0 Å². The van der Waals surface area contributed by atoms with Gasteiger partial charge in [0, 0.05) is 68.5 Å². The van der Waals surface area contributed by atoms with Crippen molar-refractivity contribution in [2.45, 2.75) is 134 Å². The van der Waals surface area contributed by atoms with E-state index in [2.05, 4.69) is 269 Å². The maximum Gasteiger partial charge on any atom is 0.0495 e. The third-order valence-electron chi connectivity index (χ3n) is 24.6. The highest BCUT2D eigenvalue weighted by atomic mass is 15.3. The summed E-state index contributed by atoms with van der Waals surface area (Å²) in [4.78, 5) is 8.15. The molecule has 436 valence electrons. The Morgan fingerprint density at radius 3 is 1.02 bits per heavy atom. The van der Waals surface area contributed by atoms with Crippen LogP contribution in [0.5, 0.6) is 0 Å². The molecular weight excluding hydrogens is 1070 g/mol. The van der Waals surface area contributed by atoms with Gasteiger partial charge in [0.05, 0.1) is 0 Å². The number of fused-ring (bicyclic) bond motifs is 15. The average Bonchev–Trinajstić information content (AvgIpc) is 1.60. The van der Waals surface area contributed by atoms with E-state index >= 15 is 0 Å². The Kier molecular flexibility index (Phi) is 11.0. The second kappa shape index (κ2) is 18.7. The molecule has 9 atom stereocenters. The maximum atomic E-state index is 2.72. The van der Waals surface area contributed by atoms with Crippen molar-refractivity contribution in [3.8, 4) is 33.4 Å². The summed E-state index contributed by atoms with van der Waals surface area (Å²) in [6.45, 7) is 15.2. The van der Waals surface area contributed by atoms with Crippen LogP contribution in [0.15, 0.2) is 212 Å². The molecule has 3 saturated carbocycles. The molecule has 3 aliphatic heterocycles. The minimum Gasteiger partial charge on any atom is -0.335 e. The molecule has 0 N–H and O–H groups in total. The lowest BCUT2D eigenvalue weighted by molar-refractivity contribution is 0.223. The number of hydrogen-bond acceptors (Lipinski definition) is 3. The smallest absolute Gasteiger partial charge is 0.0495 e. The van der Waals surface area contributed by atoms with Crippen molar-refractivity contribution < 1.29 is 0 Å². The number of nitrogens with zero attached hydrogens (tertiary/aromatic N) is 3. The van der Waals surface area contributed by atoms with E-state index in [0.717, 1.165) is 0 Å². The zero-order chi connectivity index (χ0) is 59.4. The summed E-state index contributed by atoms with van der Waals surface area (Å²) in [5.41, 5.74) is 20.6. The van der Waals surface area contributed by atoms with Gasteiger partial charge in [-0.25, -0.2) is 0 Å². The number of rotatable bonds is 6. The fourth-order valence-corrected chi connectivity index (χ4v) is 21.2. The highest BCUT2D eigenvalue weighted by Gasteiger charge is 2.55. The average molecular weight is 1150 g/mol. The van der Waals surface area contributed by atoms with Crippen LogP contribution >= 0.6 is 0 Å². The van der Waals surface area contributed by atoms with Gasteiger partial charge < -0.3 is 14.7 Å². The van der Waals surface area contributed by atoms with Crippen LogP contribution in [0.2, 0.25) is 0 Å². The molecule has 0 spiro atoms. The molecule has 3 nitrogen and oxygen atoms in total. The van der Waals surface area contributed by atoms with Gasteiger partial charge in [0.2, 0.25) is 0 Å². The molecule has 3 aliphatic carbocycles. The number of para-hydroxylation sites is 3. The molecule has 6 aliphatic rings. The topological polar surface area (TPSA) is 9.72 Å². The normalized spacial score (nSPS) is 26.2. The van der Waals surface area contributed by atoms with Gasteiger partial charge in [0.15, 0.2) is 0 Å². The van der Waals surface area contributed by atoms with Gasteiger partial charge in [-0.05, 0) is 277 Å². The van der Waals surface area contributed by atoms with Crippen molar-refractivity contribution in [3.63, 3.8) is 0 Å². The van der Waals surface area contributed by atoms with Gasteiger partial charge in [-0.15, -0.1) is 0 Å². The lowest BCUT2D eigenvalue weighted by Crippen LogP contribution is -2.47. The first-order valence-electron chi connectivity index (χ1n) is 33.8. The van der Waals surface area contributed by atoms with Crippen molar-refractivity contribution in [1.82, 2.24) is 0 Å². The summed E-state index contributed by atoms with van der Waals surface area (Å²) in [6.07, 6.45) is 11.2. The molecule has 0 saturated heterocycles. The molecule has 0 amide bonds. The second-order valence-electron chi connectivity index (χ2n) is 29.4. The van der Waals surface area contributed by atoms with Crippen molar-refractivity contribution in [2.24, 2.45) is 17.8 Å². The van der Waals surface area contributed by atoms with Crippen LogP contribution in [0.25, 0.3) is 98.0 Å². The Bertz CT molecular complexity index is 4830. The predicted octanol–water partition coefficient (Wildman–Crippen LogP) is 23.9. The molecule has 13 aromatic rings. The molecule has 9 unspecified atom stereocenters. The molecule has 3 heteroatoms. The van der Waals surface area contributed by atoms with Crippen LogP contribution in [0.3, 0.4) is 0 Å². The Labute approximate surface area is 524 Å². The molecule has 0 bridgehead atoms. The Balaban J connectivity index is 0.809. The molecule has 13 aromatic carbocycles. The maximum absolute atomic E-state index is 2.72. The van der Waals surface area contributed by atoms with E-state index in [1.54, 1.807) is 0 Å².